The van der Waals surface area contributed by atoms with E-state index in [1.165, 1.54) is 0 Å². The number of urea groups is 1. The maximum atomic E-state index is 11.6. The molecule has 20 heavy (non-hydrogen) atoms. The van der Waals surface area contributed by atoms with Gasteiger partial charge in [0.05, 0.1) is 13.0 Å². The zero-order chi connectivity index (χ0) is 14.8. The molecule has 116 valence electrons. The van der Waals surface area contributed by atoms with Crippen LogP contribution in [-0.4, -0.2) is 43.4 Å². The molecule has 1 rings (SSSR count). The van der Waals surface area contributed by atoms with E-state index in [1.807, 2.05) is 0 Å². The highest BCUT2D eigenvalue weighted by atomic mass is 16.5. The summed E-state index contributed by atoms with van der Waals surface area (Å²) < 4.78 is 5.33. The summed E-state index contributed by atoms with van der Waals surface area (Å²) >= 11 is 0. The molecular weight excluding hydrogens is 260 g/mol. The first-order valence-electron chi connectivity index (χ1n) is 7.39. The van der Waals surface area contributed by atoms with Gasteiger partial charge in [0.15, 0.2) is 0 Å². The van der Waals surface area contributed by atoms with Gasteiger partial charge in [-0.05, 0) is 24.7 Å². The Balaban J connectivity index is 2.08. The van der Waals surface area contributed by atoms with E-state index in [9.17, 15) is 9.59 Å². The highest BCUT2D eigenvalue weighted by molar-refractivity contribution is 5.74. The summed E-state index contributed by atoms with van der Waals surface area (Å²) in [6, 6.07) is -0.249. The molecule has 0 aromatic heterocycles. The Kier molecular flexibility index (Phi) is 7.36. The molecule has 0 aromatic carbocycles. The molecule has 3 N–H and O–H groups in total. The second kappa shape index (κ2) is 8.79. The van der Waals surface area contributed by atoms with Crippen molar-refractivity contribution in [3.8, 4) is 0 Å². The van der Waals surface area contributed by atoms with Gasteiger partial charge in [-0.3, -0.25) is 4.79 Å². The molecule has 0 aromatic rings. The van der Waals surface area contributed by atoms with Gasteiger partial charge in [0.1, 0.15) is 0 Å². The van der Waals surface area contributed by atoms with Crippen LogP contribution in [0.15, 0.2) is 0 Å². The lowest BCUT2D eigenvalue weighted by molar-refractivity contribution is -0.141. The monoisotopic (exact) mass is 286 g/mol. The average molecular weight is 286 g/mol. The van der Waals surface area contributed by atoms with Gasteiger partial charge in [-0.25, -0.2) is 4.79 Å². The number of carbonyl (C=O) groups excluding carboxylic acids is 1. The predicted octanol–water partition coefficient (Wildman–Crippen LogP) is 1.75. The largest absolute Gasteiger partial charge is 0.481 e. The second-order valence-electron chi connectivity index (χ2n) is 5.50. The molecule has 1 saturated carbocycles. The lowest BCUT2D eigenvalue weighted by atomic mass is 9.66. The predicted molar refractivity (Wildman–Crippen MR) is 75.7 cm³/mol. The molecule has 0 heterocycles. The summed E-state index contributed by atoms with van der Waals surface area (Å²) in [6.45, 7) is 4.24. The third kappa shape index (κ3) is 6.23. The van der Waals surface area contributed by atoms with Gasteiger partial charge >= 0.3 is 12.0 Å². The van der Waals surface area contributed by atoms with Gasteiger partial charge in [0.25, 0.3) is 0 Å². The number of amides is 2. The molecule has 0 aliphatic heterocycles. The third-order valence-electron chi connectivity index (χ3n) is 3.74. The molecule has 0 unspecified atom stereocenters. The van der Waals surface area contributed by atoms with E-state index in [-0.39, 0.29) is 17.9 Å². The molecule has 0 bridgehead atoms. The molecule has 0 atom stereocenters. The minimum Gasteiger partial charge on any atom is -0.481 e. The second-order valence-corrected chi connectivity index (χ2v) is 5.50. The van der Waals surface area contributed by atoms with Crippen LogP contribution in [0.4, 0.5) is 4.79 Å². The first kappa shape index (κ1) is 16.8. The standard InChI is InChI=1S/C14H26N2O4/c1-2-3-8-20-9-7-15-13(19)16-11-14(5-4-6-14)10-12(17)18/h2-11H2,1H3,(H,17,18)(H2,15,16,19). The van der Waals surface area contributed by atoms with E-state index in [4.69, 9.17) is 9.84 Å². The van der Waals surface area contributed by atoms with Gasteiger partial charge in [-0.2, -0.15) is 0 Å². The maximum Gasteiger partial charge on any atom is 0.314 e. The summed E-state index contributed by atoms with van der Waals surface area (Å²) in [5.41, 5.74) is -0.235. The highest BCUT2D eigenvalue weighted by Gasteiger charge is 2.39. The number of ether oxygens (including phenoxy) is 1. The van der Waals surface area contributed by atoms with Crippen LogP contribution in [-0.2, 0) is 9.53 Å². The van der Waals surface area contributed by atoms with Crippen molar-refractivity contribution in [1.82, 2.24) is 10.6 Å². The zero-order valence-corrected chi connectivity index (χ0v) is 12.2. The first-order valence-corrected chi connectivity index (χ1v) is 7.39. The van der Waals surface area contributed by atoms with Gasteiger partial charge in [-0.1, -0.05) is 19.8 Å². The fourth-order valence-electron chi connectivity index (χ4n) is 2.33. The van der Waals surface area contributed by atoms with Crippen molar-refractivity contribution in [3.63, 3.8) is 0 Å². The fourth-order valence-corrected chi connectivity index (χ4v) is 2.33. The zero-order valence-electron chi connectivity index (χ0n) is 12.2. The molecule has 1 fully saturated rings. The Bertz CT molecular complexity index is 316. The Hall–Kier alpha value is -1.30. The number of hydrogen-bond acceptors (Lipinski definition) is 3. The molecular formula is C14H26N2O4. The molecule has 1 aliphatic carbocycles. The molecule has 6 heteroatoms. The molecule has 2 amide bonds. The van der Waals surface area contributed by atoms with Crippen molar-refractivity contribution in [3.05, 3.63) is 0 Å². The van der Waals surface area contributed by atoms with Gasteiger partial charge in [0.2, 0.25) is 0 Å². The minimum atomic E-state index is -0.795. The van der Waals surface area contributed by atoms with Crippen LogP contribution in [0, 0.1) is 5.41 Å². The summed E-state index contributed by atoms with van der Waals surface area (Å²) in [5, 5.41) is 14.4. The van der Waals surface area contributed by atoms with Gasteiger partial charge in [0, 0.05) is 19.7 Å². The summed E-state index contributed by atoms with van der Waals surface area (Å²) in [7, 11) is 0. The van der Waals surface area contributed by atoms with Crippen LogP contribution in [0.3, 0.4) is 0 Å². The van der Waals surface area contributed by atoms with Gasteiger partial charge in [-0.15, -0.1) is 0 Å². The molecule has 1 aliphatic rings. The number of carboxylic acids is 1. The van der Waals surface area contributed by atoms with E-state index in [0.29, 0.717) is 19.7 Å². The van der Waals surface area contributed by atoms with Crippen LogP contribution in [0.2, 0.25) is 0 Å². The Morgan fingerprint density at radius 2 is 2.00 bits per heavy atom. The van der Waals surface area contributed by atoms with E-state index < -0.39 is 5.97 Å². The number of carboxylic acid groups (broad SMARTS) is 1. The number of carbonyl (C=O) groups is 2. The SMILES string of the molecule is CCCCOCCNC(=O)NCC1(CC(=O)O)CCC1. The van der Waals surface area contributed by atoms with Crippen molar-refractivity contribution >= 4 is 12.0 Å². The van der Waals surface area contributed by atoms with E-state index in [0.717, 1.165) is 38.7 Å². The van der Waals surface area contributed by atoms with E-state index in [1.54, 1.807) is 0 Å². The number of unbranched alkanes of at least 4 members (excludes halogenated alkanes) is 1. The maximum absolute atomic E-state index is 11.6. The average Bonchev–Trinajstić information content (AvgIpc) is 2.36. The quantitative estimate of drug-likeness (QED) is 0.534. The van der Waals surface area contributed by atoms with Crippen LogP contribution in [0.25, 0.3) is 0 Å². The van der Waals surface area contributed by atoms with Crippen molar-refractivity contribution in [2.75, 3.05) is 26.3 Å². The van der Waals surface area contributed by atoms with Crippen LogP contribution in [0.1, 0.15) is 45.4 Å². The number of rotatable bonds is 10. The molecule has 0 radical (unpaired) electrons. The number of nitrogens with one attached hydrogen (secondary N) is 2. The van der Waals surface area contributed by atoms with Crippen molar-refractivity contribution < 1.29 is 19.4 Å². The molecule has 0 spiro atoms. The van der Waals surface area contributed by atoms with Gasteiger partial charge < -0.3 is 20.5 Å². The summed E-state index contributed by atoms with van der Waals surface area (Å²) in [5.74, 6) is -0.795. The van der Waals surface area contributed by atoms with Crippen LogP contribution < -0.4 is 10.6 Å². The third-order valence-corrected chi connectivity index (χ3v) is 3.74. The van der Waals surface area contributed by atoms with Crippen LogP contribution >= 0.6 is 0 Å². The number of hydrogen-bond donors (Lipinski definition) is 3. The van der Waals surface area contributed by atoms with Crippen molar-refractivity contribution in [2.45, 2.75) is 45.4 Å². The molecule has 6 nitrogen and oxygen atoms in total. The lowest BCUT2D eigenvalue weighted by Gasteiger charge is -2.40. The first-order chi connectivity index (χ1) is 9.58. The normalized spacial score (nSPS) is 16.2. The van der Waals surface area contributed by atoms with Crippen molar-refractivity contribution in [1.29, 1.82) is 0 Å². The summed E-state index contributed by atoms with van der Waals surface area (Å²) in [4.78, 5) is 22.4. The minimum absolute atomic E-state index is 0.132. The highest BCUT2D eigenvalue weighted by Crippen LogP contribution is 2.43. The smallest absolute Gasteiger partial charge is 0.314 e. The van der Waals surface area contributed by atoms with E-state index in [2.05, 4.69) is 17.6 Å². The summed E-state index contributed by atoms with van der Waals surface area (Å²) in [6.07, 6.45) is 5.05. The Morgan fingerprint density at radius 3 is 2.55 bits per heavy atom. The topological polar surface area (TPSA) is 87.7 Å². The lowest BCUT2D eigenvalue weighted by Crippen LogP contribution is -2.47. The number of aliphatic carboxylic acids is 1. The Morgan fingerprint density at radius 1 is 1.25 bits per heavy atom. The van der Waals surface area contributed by atoms with Crippen LogP contribution in [0.5, 0.6) is 0 Å². The molecule has 0 saturated heterocycles. The van der Waals surface area contributed by atoms with E-state index >= 15 is 0 Å². The Labute approximate surface area is 120 Å². The van der Waals surface area contributed by atoms with Crippen molar-refractivity contribution in [2.24, 2.45) is 5.41 Å². The fraction of sp³-hybridized carbons (Fsp3) is 0.857.